The molecule has 0 aliphatic rings. The molecule has 0 aliphatic carbocycles. The monoisotopic (exact) mass is 375 g/mol. The summed E-state index contributed by atoms with van der Waals surface area (Å²) in [7, 11) is 5.09. The Morgan fingerprint density at radius 2 is 1.71 bits per heavy atom. The maximum absolute atomic E-state index is 5.37. The third kappa shape index (κ3) is 3.18. The maximum atomic E-state index is 5.37. The fourth-order valence-electron chi connectivity index (χ4n) is 3.12. The number of anilines is 3. The molecular formula is C21H21N5O2. The second kappa shape index (κ2) is 7.48. The largest absolute Gasteiger partial charge is 0.493 e. The molecule has 0 saturated carbocycles. The summed E-state index contributed by atoms with van der Waals surface area (Å²) in [4.78, 5) is 9.13. The van der Waals surface area contributed by atoms with E-state index < -0.39 is 0 Å². The van der Waals surface area contributed by atoms with Gasteiger partial charge in [0, 0.05) is 30.6 Å². The first kappa shape index (κ1) is 17.7. The number of nitrogens with zero attached hydrogens (tertiary/aromatic N) is 3. The number of ether oxygens (including phenoxy) is 2. The van der Waals surface area contributed by atoms with E-state index in [1.165, 1.54) is 0 Å². The topological polar surface area (TPSA) is 73.2 Å². The smallest absolute Gasteiger partial charge is 0.208 e. The maximum Gasteiger partial charge on any atom is 0.208 e. The first-order valence-corrected chi connectivity index (χ1v) is 8.84. The molecule has 2 N–H and O–H groups in total. The number of rotatable bonds is 6. The highest BCUT2D eigenvalue weighted by Gasteiger charge is 2.13. The summed E-state index contributed by atoms with van der Waals surface area (Å²) in [5.74, 6) is 2.79. The molecule has 0 unspecified atom stereocenters. The average Bonchev–Trinajstić information content (AvgIpc) is 3.12. The normalized spacial score (nSPS) is 10.7. The lowest BCUT2D eigenvalue weighted by molar-refractivity contribution is 0.355. The third-order valence-electron chi connectivity index (χ3n) is 4.43. The summed E-state index contributed by atoms with van der Waals surface area (Å²) in [6, 6.07) is 17.7. The predicted octanol–water partition coefficient (Wildman–Crippen LogP) is 4.22. The highest BCUT2D eigenvalue weighted by molar-refractivity contribution is 5.83. The van der Waals surface area contributed by atoms with Gasteiger partial charge in [0.2, 0.25) is 5.95 Å². The number of hydrogen-bond acceptors (Lipinski definition) is 6. The highest BCUT2D eigenvalue weighted by atomic mass is 16.5. The van der Waals surface area contributed by atoms with E-state index in [1.807, 2.05) is 61.6 Å². The lowest BCUT2D eigenvalue weighted by Crippen LogP contribution is -2.01. The number of aromatic nitrogens is 3. The van der Waals surface area contributed by atoms with Gasteiger partial charge in [0.25, 0.3) is 0 Å². The molecule has 0 fully saturated rings. The molecule has 0 atom stereocenters. The van der Waals surface area contributed by atoms with Gasteiger partial charge in [-0.2, -0.15) is 0 Å². The highest BCUT2D eigenvalue weighted by Crippen LogP contribution is 2.32. The van der Waals surface area contributed by atoms with Crippen LogP contribution < -0.4 is 20.1 Å². The van der Waals surface area contributed by atoms with Gasteiger partial charge in [-0.25, -0.2) is 9.97 Å². The minimum Gasteiger partial charge on any atom is -0.493 e. The summed E-state index contributed by atoms with van der Waals surface area (Å²) in [6.07, 6.45) is 1.76. The van der Waals surface area contributed by atoms with Crippen molar-refractivity contribution in [1.29, 1.82) is 0 Å². The molecule has 2 aromatic heterocycles. The molecule has 0 bridgehead atoms. The summed E-state index contributed by atoms with van der Waals surface area (Å²) in [5.41, 5.74) is 3.64. The van der Waals surface area contributed by atoms with E-state index in [4.69, 9.17) is 9.47 Å². The predicted molar refractivity (Wildman–Crippen MR) is 111 cm³/mol. The second-order valence-electron chi connectivity index (χ2n) is 6.11. The Bertz CT molecular complexity index is 1110. The van der Waals surface area contributed by atoms with Crippen molar-refractivity contribution >= 4 is 28.5 Å². The first-order valence-electron chi connectivity index (χ1n) is 8.84. The number of benzene rings is 2. The Morgan fingerprint density at radius 1 is 0.929 bits per heavy atom. The van der Waals surface area contributed by atoms with Gasteiger partial charge >= 0.3 is 0 Å². The lowest BCUT2D eigenvalue weighted by atomic mass is 10.2. The van der Waals surface area contributed by atoms with E-state index in [-0.39, 0.29) is 0 Å². The van der Waals surface area contributed by atoms with Crippen LogP contribution in [0.25, 0.3) is 16.7 Å². The molecule has 0 aliphatic heterocycles. The molecule has 2 aromatic carbocycles. The van der Waals surface area contributed by atoms with Crippen LogP contribution in [0.3, 0.4) is 0 Å². The van der Waals surface area contributed by atoms with Crippen molar-refractivity contribution < 1.29 is 9.47 Å². The van der Waals surface area contributed by atoms with Crippen molar-refractivity contribution in [3.63, 3.8) is 0 Å². The lowest BCUT2D eigenvalue weighted by Gasteiger charge is -2.11. The molecule has 2 heterocycles. The summed E-state index contributed by atoms with van der Waals surface area (Å²) < 4.78 is 12.7. The molecular weight excluding hydrogens is 354 g/mol. The van der Waals surface area contributed by atoms with Crippen LogP contribution in [0.2, 0.25) is 0 Å². The molecule has 4 rings (SSSR count). The number of hydrogen-bond donors (Lipinski definition) is 2. The summed E-state index contributed by atoms with van der Waals surface area (Å²) in [5, 5.41) is 6.47. The molecule has 4 aromatic rings. The van der Waals surface area contributed by atoms with Crippen LogP contribution in [0.4, 0.5) is 17.5 Å². The Morgan fingerprint density at radius 3 is 2.43 bits per heavy atom. The number of imidazole rings is 1. The van der Waals surface area contributed by atoms with Crippen LogP contribution >= 0.6 is 0 Å². The minimum absolute atomic E-state index is 0.653. The third-order valence-corrected chi connectivity index (χ3v) is 4.43. The molecule has 0 spiro atoms. The fraction of sp³-hybridized carbons (Fsp3) is 0.143. The second-order valence-corrected chi connectivity index (χ2v) is 6.11. The van der Waals surface area contributed by atoms with E-state index >= 15 is 0 Å². The van der Waals surface area contributed by atoms with Crippen molar-refractivity contribution in [3.05, 3.63) is 60.8 Å². The van der Waals surface area contributed by atoms with Crippen molar-refractivity contribution in [3.8, 4) is 17.2 Å². The SMILES string of the molecule is CNc1nc2cnc(Nc3ccc(OC)c(OC)c3)cc2n1-c1ccccc1. The Kier molecular flexibility index (Phi) is 4.72. The van der Waals surface area contributed by atoms with Crippen LogP contribution in [0.15, 0.2) is 60.8 Å². The zero-order valence-electron chi connectivity index (χ0n) is 15.9. The average molecular weight is 375 g/mol. The van der Waals surface area contributed by atoms with Gasteiger partial charge in [-0.05, 0) is 24.3 Å². The standard InChI is InChI=1S/C21H21N5O2/c1-22-21-25-16-13-23-20(12-17(16)26(21)15-7-5-4-6-8-15)24-14-9-10-18(27-2)19(11-14)28-3/h4-13H,1-3H3,(H,22,25)(H,23,24). The van der Waals surface area contributed by atoms with Crippen LogP contribution in [0, 0.1) is 0 Å². The number of methoxy groups -OCH3 is 2. The quantitative estimate of drug-likeness (QED) is 0.526. The number of para-hydroxylation sites is 1. The molecule has 0 saturated heterocycles. The van der Waals surface area contributed by atoms with Crippen LogP contribution in [-0.4, -0.2) is 35.8 Å². The van der Waals surface area contributed by atoms with E-state index in [9.17, 15) is 0 Å². The van der Waals surface area contributed by atoms with Gasteiger partial charge in [0.1, 0.15) is 11.3 Å². The molecule has 0 amide bonds. The minimum atomic E-state index is 0.653. The Balaban J connectivity index is 1.76. The Hall–Kier alpha value is -3.74. The molecule has 142 valence electrons. The van der Waals surface area contributed by atoms with Gasteiger partial charge in [-0.1, -0.05) is 18.2 Å². The van der Waals surface area contributed by atoms with E-state index in [2.05, 4.69) is 25.2 Å². The number of pyridine rings is 1. The molecule has 0 radical (unpaired) electrons. The van der Waals surface area contributed by atoms with Gasteiger partial charge in [-0.15, -0.1) is 0 Å². The zero-order valence-corrected chi connectivity index (χ0v) is 15.9. The Labute approximate surface area is 163 Å². The zero-order chi connectivity index (χ0) is 19.5. The van der Waals surface area contributed by atoms with Crippen molar-refractivity contribution in [1.82, 2.24) is 14.5 Å². The molecule has 28 heavy (non-hydrogen) atoms. The number of fused-ring (bicyclic) bond motifs is 1. The number of nitrogens with one attached hydrogen (secondary N) is 2. The van der Waals surface area contributed by atoms with Gasteiger partial charge in [0.05, 0.1) is 25.9 Å². The van der Waals surface area contributed by atoms with Gasteiger partial charge in [0.15, 0.2) is 11.5 Å². The van der Waals surface area contributed by atoms with Gasteiger partial charge in [-0.3, -0.25) is 4.57 Å². The summed E-state index contributed by atoms with van der Waals surface area (Å²) in [6.45, 7) is 0. The van der Waals surface area contributed by atoms with Crippen molar-refractivity contribution in [2.75, 3.05) is 31.9 Å². The van der Waals surface area contributed by atoms with E-state index in [0.717, 1.165) is 28.4 Å². The molecule has 7 nitrogen and oxygen atoms in total. The summed E-state index contributed by atoms with van der Waals surface area (Å²) >= 11 is 0. The van der Waals surface area contributed by atoms with E-state index in [1.54, 1.807) is 20.4 Å². The molecule has 7 heteroatoms. The van der Waals surface area contributed by atoms with E-state index in [0.29, 0.717) is 17.3 Å². The van der Waals surface area contributed by atoms with Crippen LogP contribution in [0.1, 0.15) is 0 Å². The van der Waals surface area contributed by atoms with Crippen LogP contribution in [0.5, 0.6) is 11.5 Å². The van der Waals surface area contributed by atoms with Gasteiger partial charge < -0.3 is 20.1 Å². The fourth-order valence-corrected chi connectivity index (χ4v) is 3.12. The first-order chi connectivity index (χ1) is 13.7. The van der Waals surface area contributed by atoms with Crippen molar-refractivity contribution in [2.24, 2.45) is 0 Å². The van der Waals surface area contributed by atoms with Crippen LogP contribution in [-0.2, 0) is 0 Å². The van der Waals surface area contributed by atoms with Crippen molar-refractivity contribution in [2.45, 2.75) is 0 Å².